The van der Waals surface area contributed by atoms with Crippen molar-refractivity contribution < 1.29 is 4.74 Å². The lowest BCUT2D eigenvalue weighted by atomic mass is 9.71. The Labute approximate surface area is 123 Å². The second kappa shape index (κ2) is 6.62. The van der Waals surface area contributed by atoms with Gasteiger partial charge in [-0.2, -0.15) is 0 Å². The van der Waals surface area contributed by atoms with Gasteiger partial charge in [0, 0.05) is 6.04 Å². The summed E-state index contributed by atoms with van der Waals surface area (Å²) < 4.78 is 6.29. The van der Waals surface area contributed by atoms with E-state index in [1.807, 2.05) is 0 Å². The van der Waals surface area contributed by atoms with Gasteiger partial charge in [0.1, 0.15) is 11.9 Å². The highest BCUT2D eigenvalue weighted by molar-refractivity contribution is 5.26. The zero-order valence-corrected chi connectivity index (χ0v) is 13.4. The first kappa shape index (κ1) is 15.4. The Bertz CT molecular complexity index is 410. The maximum Gasteiger partial charge on any atom is 0.119 e. The minimum Gasteiger partial charge on any atom is -0.489 e. The highest BCUT2D eigenvalue weighted by Crippen LogP contribution is 2.37. The van der Waals surface area contributed by atoms with Crippen LogP contribution in [0.25, 0.3) is 0 Å². The molecular weight excluding hydrogens is 246 g/mol. The molecule has 1 aromatic rings. The number of hydrogen-bond donors (Lipinski definition) is 1. The second-order valence-electron chi connectivity index (χ2n) is 6.78. The van der Waals surface area contributed by atoms with Gasteiger partial charge in [0.15, 0.2) is 0 Å². The predicted octanol–water partition coefficient (Wildman–Crippen LogP) is 4.32. The molecule has 1 aliphatic carbocycles. The van der Waals surface area contributed by atoms with Gasteiger partial charge in [-0.25, -0.2) is 0 Å². The summed E-state index contributed by atoms with van der Waals surface area (Å²) in [5.41, 5.74) is 1.59. The Hall–Kier alpha value is -1.02. The van der Waals surface area contributed by atoms with Crippen LogP contribution in [-0.2, 0) is 0 Å². The van der Waals surface area contributed by atoms with Crippen LogP contribution in [0.3, 0.4) is 0 Å². The van der Waals surface area contributed by atoms with E-state index in [2.05, 4.69) is 57.3 Å². The molecule has 2 atom stereocenters. The topological polar surface area (TPSA) is 21.3 Å². The molecule has 0 heterocycles. The van der Waals surface area contributed by atoms with E-state index >= 15 is 0 Å². The molecule has 112 valence electrons. The molecule has 2 rings (SSSR count). The molecule has 1 N–H and O–H groups in total. The van der Waals surface area contributed by atoms with Crippen LogP contribution in [0.5, 0.6) is 5.75 Å². The van der Waals surface area contributed by atoms with Crippen molar-refractivity contribution in [2.75, 3.05) is 6.54 Å². The molecule has 0 spiro atoms. The van der Waals surface area contributed by atoms with Gasteiger partial charge >= 0.3 is 0 Å². The van der Waals surface area contributed by atoms with E-state index < -0.39 is 0 Å². The number of rotatable bonds is 5. The lowest BCUT2D eigenvalue weighted by Gasteiger charge is -2.44. The standard InChI is InChI=1S/C18H29NO/c1-5-13-19-17-16(7-6-12-18(17,3)4)20-15-10-8-14(2)9-11-15/h8-11,16-17,19H,5-7,12-13H2,1-4H3. The molecule has 0 radical (unpaired) electrons. The van der Waals surface area contributed by atoms with Crippen LogP contribution in [0.2, 0.25) is 0 Å². The number of aryl methyl sites for hydroxylation is 1. The van der Waals surface area contributed by atoms with E-state index in [-0.39, 0.29) is 6.10 Å². The fourth-order valence-electron chi connectivity index (χ4n) is 3.21. The van der Waals surface area contributed by atoms with Crippen LogP contribution in [0.15, 0.2) is 24.3 Å². The van der Waals surface area contributed by atoms with E-state index in [0.29, 0.717) is 11.5 Å². The number of hydrogen-bond acceptors (Lipinski definition) is 2. The summed E-state index contributed by atoms with van der Waals surface area (Å²) in [5, 5.41) is 3.72. The molecule has 1 aromatic carbocycles. The summed E-state index contributed by atoms with van der Waals surface area (Å²) in [7, 11) is 0. The van der Waals surface area contributed by atoms with Crippen molar-refractivity contribution in [2.45, 2.75) is 65.5 Å². The minimum absolute atomic E-state index is 0.285. The zero-order chi connectivity index (χ0) is 14.6. The zero-order valence-electron chi connectivity index (χ0n) is 13.4. The SMILES string of the molecule is CCCNC1C(Oc2ccc(C)cc2)CCCC1(C)C. The monoisotopic (exact) mass is 275 g/mol. The van der Waals surface area contributed by atoms with Crippen molar-refractivity contribution in [1.82, 2.24) is 5.32 Å². The predicted molar refractivity (Wildman–Crippen MR) is 85.3 cm³/mol. The maximum atomic E-state index is 6.29. The average Bonchev–Trinajstić information content (AvgIpc) is 2.40. The quantitative estimate of drug-likeness (QED) is 0.864. The highest BCUT2D eigenvalue weighted by atomic mass is 16.5. The maximum absolute atomic E-state index is 6.29. The third-order valence-corrected chi connectivity index (χ3v) is 4.45. The molecule has 0 amide bonds. The first-order valence-electron chi connectivity index (χ1n) is 7.99. The Morgan fingerprint density at radius 2 is 1.95 bits per heavy atom. The Balaban J connectivity index is 2.08. The smallest absolute Gasteiger partial charge is 0.119 e. The molecule has 1 fully saturated rings. The largest absolute Gasteiger partial charge is 0.489 e. The Morgan fingerprint density at radius 1 is 1.25 bits per heavy atom. The van der Waals surface area contributed by atoms with Gasteiger partial charge in [-0.1, -0.05) is 38.5 Å². The summed E-state index contributed by atoms with van der Waals surface area (Å²) in [6.45, 7) is 10.1. The van der Waals surface area contributed by atoms with Crippen LogP contribution < -0.4 is 10.1 Å². The summed E-state index contributed by atoms with van der Waals surface area (Å²) in [4.78, 5) is 0. The van der Waals surface area contributed by atoms with Gasteiger partial charge in [0.05, 0.1) is 0 Å². The Kier molecular flexibility index (Phi) is 5.09. The van der Waals surface area contributed by atoms with E-state index in [1.165, 1.54) is 24.8 Å². The summed E-state index contributed by atoms with van der Waals surface area (Å²) in [5.74, 6) is 1.00. The van der Waals surface area contributed by atoms with Crippen molar-refractivity contribution >= 4 is 0 Å². The van der Waals surface area contributed by atoms with Gasteiger partial charge in [0.25, 0.3) is 0 Å². The second-order valence-corrected chi connectivity index (χ2v) is 6.78. The molecule has 2 unspecified atom stereocenters. The van der Waals surface area contributed by atoms with Gasteiger partial charge < -0.3 is 10.1 Å². The molecule has 0 aliphatic heterocycles. The van der Waals surface area contributed by atoms with Crippen LogP contribution in [-0.4, -0.2) is 18.7 Å². The number of ether oxygens (including phenoxy) is 1. The lowest BCUT2D eigenvalue weighted by molar-refractivity contribution is 0.0364. The highest BCUT2D eigenvalue weighted by Gasteiger charge is 2.39. The van der Waals surface area contributed by atoms with Gasteiger partial charge in [-0.15, -0.1) is 0 Å². The molecule has 1 aliphatic rings. The van der Waals surface area contributed by atoms with Crippen molar-refractivity contribution in [2.24, 2.45) is 5.41 Å². The van der Waals surface area contributed by atoms with Crippen molar-refractivity contribution in [3.63, 3.8) is 0 Å². The lowest BCUT2D eigenvalue weighted by Crippen LogP contribution is -2.54. The molecule has 1 saturated carbocycles. The first-order chi connectivity index (χ1) is 9.53. The summed E-state index contributed by atoms with van der Waals surface area (Å²) in [6, 6.07) is 8.87. The van der Waals surface area contributed by atoms with Crippen molar-refractivity contribution in [3.8, 4) is 5.75 Å². The number of benzene rings is 1. The average molecular weight is 275 g/mol. The van der Waals surface area contributed by atoms with E-state index in [1.54, 1.807) is 0 Å². The van der Waals surface area contributed by atoms with Crippen LogP contribution in [0.4, 0.5) is 0 Å². The molecule has 0 bridgehead atoms. The van der Waals surface area contributed by atoms with Crippen LogP contribution >= 0.6 is 0 Å². The van der Waals surface area contributed by atoms with E-state index in [4.69, 9.17) is 4.74 Å². The molecular formula is C18H29NO. The van der Waals surface area contributed by atoms with Crippen molar-refractivity contribution in [3.05, 3.63) is 29.8 Å². The van der Waals surface area contributed by atoms with Gasteiger partial charge in [-0.05, 0) is 56.7 Å². The minimum atomic E-state index is 0.285. The van der Waals surface area contributed by atoms with Crippen LogP contribution in [0.1, 0.15) is 52.0 Å². The third kappa shape index (κ3) is 3.76. The van der Waals surface area contributed by atoms with Crippen LogP contribution in [0, 0.1) is 12.3 Å². The third-order valence-electron chi connectivity index (χ3n) is 4.45. The molecule has 2 nitrogen and oxygen atoms in total. The van der Waals surface area contributed by atoms with E-state index in [0.717, 1.165) is 18.7 Å². The van der Waals surface area contributed by atoms with Crippen molar-refractivity contribution in [1.29, 1.82) is 0 Å². The molecule has 0 aromatic heterocycles. The van der Waals surface area contributed by atoms with Gasteiger partial charge in [0.2, 0.25) is 0 Å². The summed E-state index contributed by atoms with van der Waals surface area (Å²) >= 11 is 0. The summed E-state index contributed by atoms with van der Waals surface area (Å²) in [6.07, 6.45) is 5.14. The molecule has 20 heavy (non-hydrogen) atoms. The fraction of sp³-hybridized carbons (Fsp3) is 0.667. The molecule has 0 saturated heterocycles. The normalized spacial score (nSPS) is 25.4. The first-order valence-corrected chi connectivity index (χ1v) is 7.99. The Morgan fingerprint density at radius 3 is 2.60 bits per heavy atom. The number of nitrogens with one attached hydrogen (secondary N) is 1. The van der Waals surface area contributed by atoms with Gasteiger partial charge in [-0.3, -0.25) is 0 Å². The fourth-order valence-corrected chi connectivity index (χ4v) is 3.21. The van der Waals surface area contributed by atoms with E-state index in [9.17, 15) is 0 Å². The molecule has 2 heteroatoms.